The second-order valence-electron chi connectivity index (χ2n) is 0.632. The molecule has 0 nitrogen and oxygen atoms in total. The molecule has 0 aliphatic carbocycles. The van der Waals surface area contributed by atoms with Crippen LogP contribution in [-0.4, -0.2) is 6.67 Å². The molecule has 0 atom stereocenters. The molecule has 0 fully saturated rings. The predicted molar refractivity (Wildman–Crippen MR) is 16.0 cm³/mol. The second kappa shape index (κ2) is 3.86. The molecule has 1 radical (unpaired) electrons. The Morgan fingerprint density at radius 1 is 1.60 bits per heavy atom. The van der Waals surface area contributed by atoms with E-state index in [0.717, 1.165) is 0 Å². The molecule has 0 heterocycles. The van der Waals surface area contributed by atoms with E-state index in [1.807, 2.05) is 0 Å². The lowest BCUT2D eigenvalue weighted by Gasteiger charge is -1.72. The van der Waals surface area contributed by atoms with Crippen molar-refractivity contribution in [2.24, 2.45) is 0 Å². The summed E-state index contributed by atoms with van der Waals surface area (Å²) in [4.78, 5) is 0. The van der Waals surface area contributed by atoms with Crippen LogP contribution in [0.2, 0.25) is 0 Å². The van der Waals surface area contributed by atoms with Crippen LogP contribution in [-0.2, 0) is 0 Å². The zero-order chi connectivity index (χ0) is 4.12. The Labute approximate surface area is 29.8 Å². The van der Waals surface area contributed by atoms with Crippen molar-refractivity contribution < 1.29 is 8.78 Å². The summed E-state index contributed by atoms with van der Waals surface area (Å²) < 4.78 is 21.4. The van der Waals surface area contributed by atoms with E-state index in [9.17, 15) is 8.78 Å². The van der Waals surface area contributed by atoms with Gasteiger partial charge in [-0.15, -0.1) is 0 Å². The van der Waals surface area contributed by atoms with Crippen molar-refractivity contribution in [3.8, 4) is 0 Å². The maximum Gasteiger partial charge on any atom is 0.134 e. The van der Waals surface area contributed by atoms with E-state index >= 15 is 0 Å². The van der Waals surface area contributed by atoms with E-state index in [1.54, 1.807) is 0 Å². The van der Waals surface area contributed by atoms with E-state index in [-0.39, 0.29) is 6.42 Å². The maximum absolute atomic E-state index is 10.7. The Morgan fingerprint density at radius 3 is 2.20 bits per heavy atom. The molecule has 0 N–H and O–H groups in total. The molecule has 0 spiro atoms. The molecule has 0 aliphatic heterocycles. The minimum atomic E-state index is -0.587. The number of hydrogen-bond acceptors (Lipinski definition) is 0. The molecule has 0 saturated carbocycles. The van der Waals surface area contributed by atoms with E-state index in [0.29, 0.717) is 6.67 Å². The number of rotatable bonds is 2. The van der Waals surface area contributed by atoms with Gasteiger partial charge in [0, 0.05) is 6.42 Å². The number of halogens is 2. The van der Waals surface area contributed by atoms with Crippen molar-refractivity contribution in [3.05, 3.63) is 6.67 Å². The summed E-state index contributed by atoms with van der Waals surface area (Å²) in [5.74, 6) is 0. The molecule has 31 valence electrons. The molecule has 0 bridgehead atoms. The third-order valence-electron chi connectivity index (χ3n) is 0.218. The van der Waals surface area contributed by atoms with Gasteiger partial charge in [-0.2, -0.15) is 0 Å². The summed E-state index contributed by atoms with van der Waals surface area (Å²) in [5.41, 5.74) is 0. The summed E-state index contributed by atoms with van der Waals surface area (Å²) in [6.45, 7) is -0.281. The minimum Gasteiger partial charge on any atom is -0.251 e. The Hall–Kier alpha value is -0.140. The predicted octanol–water partition coefficient (Wildman–Crippen LogP) is 1.48. The summed E-state index contributed by atoms with van der Waals surface area (Å²) in [6.07, 6.45) is -0.0694. The van der Waals surface area contributed by atoms with Crippen LogP contribution in [0.15, 0.2) is 0 Å². The van der Waals surface area contributed by atoms with Crippen LogP contribution in [0.5, 0.6) is 0 Å². The Kier molecular flexibility index (Phi) is 3.75. The van der Waals surface area contributed by atoms with E-state index in [4.69, 9.17) is 0 Å². The fourth-order valence-electron chi connectivity index (χ4n) is 0.0412. The summed E-state index contributed by atoms with van der Waals surface area (Å²) in [5, 5.41) is 0. The summed E-state index contributed by atoms with van der Waals surface area (Å²) in [6, 6.07) is 0. The van der Waals surface area contributed by atoms with E-state index < -0.39 is 6.67 Å². The van der Waals surface area contributed by atoms with Crippen LogP contribution in [0.1, 0.15) is 6.42 Å². The fraction of sp³-hybridized carbons (Fsp3) is 0.667. The van der Waals surface area contributed by atoms with Gasteiger partial charge in [0.2, 0.25) is 0 Å². The number of hydrogen-bond donors (Lipinski definition) is 0. The number of alkyl halides is 1. The van der Waals surface area contributed by atoms with Gasteiger partial charge >= 0.3 is 0 Å². The van der Waals surface area contributed by atoms with E-state index in [2.05, 4.69) is 0 Å². The molecule has 0 aromatic carbocycles. The lowest BCUT2D eigenvalue weighted by atomic mass is 10.5. The van der Waals surface area contributed by atoms with Crippen LogP contribution in [0.4, 0.5) is 8.78 Å². The molecule has 5 heavy (non-hydrogen) atoms. The fourth-order valence-corrected chi connectivity index (χ4v) is 0.0412. The lowest BCUT2D eigenvalue weighted by molar-refractivity contribution is 0.450. The van der Waals surface area contributed by atoms with Gasteiger partial charge in [0.1, 0.15) is 6.67 Å². The maximum atomic E-state index is 10.7. The quantitative estimate of drug-likeness (QED) is 0.470. The molecular weight excluding hydrogens is 74.0 g/mol. The Bertz CT molecular complexity index is 12.4. The van der Waals surface area contributed by atoms with Crippen molar-refractivity contribution in [2.75, 3.05) is 6.67 Å². The zero-order valence-corrected chi connectivity index (χ0v) is 2.75. The third kappa shape index (κ3) is 3.86. The molecule has 0 amide bonds. The normalized spacial score (nSPS) is 8.40. The molecule has 0 saturated heterocycles. The lowest BCUT2D eigenvalue weighted by Crippen LogP contribution is -1.66. The molecule has 0 aromatic heterocycles. The van der Waals surface area contributed by atoms with Gasteiger partial charge < -0.3 is 0 Å². The first-order valence-electron chi connectivity index (χ1n) is 1.39. The van der Waals surface area contributed by atoms with Gasteiger partial charge in [-0.05, 0) is 0 Å². The van der Waals surface area contributed by atoms with E-state index in [1.165, 1.54) is 0 Å². The van der Waals surface area contributed by atoms with Gasteiger partial charge in [0.15, 0.2) is 0 Å². The summed E-state index contributed by atoms with van der Waals surface area (Å²) in [7, 11) is 0. The highest BCUT2D eigenvalue weighted by Gasteiger charge is 1.76. The van der Waals surface area contributed by atoms with Crippen LogP contribution >= 0.6 is 0 Å². The molecule has 0 aliphatic rings. The average molecular weight is 79.1 g/mol. The van der Waals surface area contributed by atoms with Gasteiger partial charge in [-0.3, -0.25) is 4.39 Å². The third-order valence-corrected chi connectivity index (χ3v) is 0.218. The Morgan fingerprint density at radius 2 is 2.20 bits per heavy atom. The minimum absolute atomic E-state index is 0.0694. The van der Waals surface area contributed by atoms with Crippen LogP contribution in [0, 0.1) is 6.67 Å². The SMILES string of the molecule is F[CH]CCF. The van der Waals surface area contributed by atoms with Gasteiger partial charge in [-0.1, -0.05) is 0 Å². The summed E-state index contributed by atoms with van der Waals surface area (Å²) >= 11 is 0. The smallest absolute Gasteiger partial charge is 0.134 e. The first kappa shape index (κ1) is 4.86. The van der Waals surface area contributed by atoms with Gasteiger partial charge in [0.25, 0.3) is 0 Å². The monoisotopic (exact) mass is 79.0 g/mol. The highest BCUT2D eigenvalue weighted by molar-refractivity contribution is 4.41. The van der Waals surface area contributed by atoms with Crippen LogP contribution in [0.3, 0.4) is 0 Å². The average Bonchev–Trinajstić information content (AvgIpc) is 1.41. The van der Waals surface area contributed by atoms with Crippen molar-refractivity contribution in [2.45, 2.75) is 6.42 Å². The first-order chi connectivity index (χ1) is 2.41. The van der Waals surface area contributed by atoms with Gasteiger partial charge in [-0.25, -0.2) is 4.39 Å². The largest absolute Gasteiger partial charge is 0.251 e. The van der Waals surface area contributed by atoms with Crippen LogP contribution < -0.4 is 0 Å². The zero-order valence-electron chi connectivity index (χ0n) is 2.75. The molecule has 0 unspecified atom stereocenters. The molecular formula is C3H5F2. The molecule has 0 rings (SSSR count). The second-order valence-corrected chi connectivity index (χ2v) is 0.632. The van der Waals surface area contributed by atoms with Gasteiger partial charge in [0.05, 0.1) is 6.67 Å². The highest BCUT2D eigenvalue weighted by Crippen LogP contribution is 1.84. The van der Waals surface area contributed by atoms with Crippen molar-refractivity contribution >= 4 is 0 Å². The van der Waals surface area contributed by atoms with Crippen molar-refractivity contribution in [1.29, 1.82) is 0 Å². The topological polar surface area (TPSA) is 0 Å². The first-order valence-corrected chi connectivity index (χ1v) is 1.39. The molecule has 2 heteroatoms. The standard InChI is InChI=1S/C3H5F2/c4-2-1-3-5/h2H,1,3H2. The van der Waals surface area contributed by atoms with Crippen molar-refractivity contribution in [3.63, 3.8) is 0 Å². The molecule has 0 aromatic rings. The van der Waals surface area contributed by atoms with Crippen molar-refractivity contribution in [1.82, 2.24) is 0 Å². The Balaban J connectivity index is 2.19. The van der Waals surface area contributed by atoms with Crippen LogP contribution in [0.25, 0.3) is 0 Å². The highest BCUT2D eigenvalue weighted by atomic mass is 19.1.